The van der Waals surface area contributed by atoms with Crippen molar-refractivity contribution in [2.75, 3.05) is 11.4 Å². The number of aryl methyl sites for hydroxylation is 2. The van der Waals surface area contributed by atoms with Crippen LogP contribution in [0.1, 0.15) is 23.2 Å². The number of nitrogens with zero attached hydrogens (tertiary/aromatic N) is 2. The molecule has 0 aliphatic carbocycles. The highest BCUT2D eigenvalue weighted by atomic mass is 32.1. The minimum absolute atomic E-state index is 0.341. The number of rotatable bonds is 2. The van der Waals surface area contributed by atoms with Crippen molar-refractivity contribution in [3.8, 4) is 0 Å². The lowest BCUT2D eigenvalue weighted by Gasteiger charge is -2.31. The molecule has 102 valence electrons. The van der Waals surface area contributed by atoms with Gasteiger partial charge in [0.05, 0.1) is 5.69 Å². The van der Waals surface area contributed by atoms with Gasteiger partial charge in [0, 0.05) is 24.1 Å². The molecule has 0 saturated heterocycles. The van der Waals surface area contributed by atoms with Crippen LogP contribution in [0.15, 0.2) is 36.5 Å². The van der Waals surface area contributed by atoms with Gasteiger partial charge in [0.15, 0.2) is 0 Å². The molecule has 0 radical (unpaired) electrons. The van der Waals surface area contributed by atoms with Crippen LogP contribution in [-0.2, 0) is 6.42 Å². The summed E-state index contributed by atoms with van der Waals surface area (Å²) in [6.45, 7) is 3.15. The van der Waals surface area contributed by atoms with Gasteiger partial charge in [-0.15, -0.1) is 0 Å². The third-order valence-electron chi connectivity index (χ3n) is 3.66. The second-order valence-electron chi connectivity index (χ2n) is 5.15. The predicted molar refractivity (Wildman–Crippen MR) is 86.6 cm³/mol. The number of fused-ring (bicyclic) bond motifs is 1. The summed E-state index contributed by atoms with van der Waals surface area (Å²) in [5.41, 5.74) is 11.5. The van der Waals surface area contributed by atoms with Crippen LogP contribution >= 0.6 is 12.2 Å². The zero-order valence-corrected chi connectivity index (χ0v) is 12.3. The summed E-state index contributed by atoms with van der Waals surface area (Å²) in [5, 5.41) is 0. The van der Waals surface area contributed by atoms with E-state index in [0.717, 1.165) is 25.1 Å². The third-order valence-corrected chi connectivity index (χ3v) is 3.87. The number of nitrogens with two attached hydrogens (primary N) is 1. The van der Waals surface area contributed by atoms with E-state index >= 15 is 0 Å². The largest absolute Gasteiger partial charge is 0.388 e. The normalized spacial score (nSPS) is 13.9. The van der Waals surface area contributed by atoms with E-state index in [4.69, 9.17) is 18.0 Å². The van der Waals surface area contributed by atoms with Crippen molar-refractivity contribution in [3.63, 3.8) is 0 Å². The Labute approximate surface area is 124 Å². The third kappa shape index (κ3) is 2.39. The number of anilines is 2. The van der Waals surface area contributed by atoms with Gasteiger partial charge in [-0.2, -0.15) is 0 Å². The first-order valence-corrected chi connectivity index (χ1v) is 7.19. The van der Waals surface area contributed by atoms with E-state index < -0.39 is 0 Å². The van der Waals surface area contributed by atoms with E-state index in [1.807, 2.05) is 12.1 Å². The SMILES string of the molecule is Cc1ccc2c(c1)CCCN2c1ccnc(C(N)=S)c1. The molecule has 0 spiro atoms. The zero-order valence-electron chi connectivity index (χ0n) is 11.5. The molecule has 3 rings (SSSR count). The second-order valence-corrected chi connectivity index (χ2v) is 5.59. The number of aromatic nitrogens is 1. The van der Waals surface area contributed by atoms with Crippen LogP contribution in [0.25, 0.3) is 0 Å². The van der Waals surface area contributed by atoms with Gasteiger partial charge in [-0.3, -0.25) is 4.98 Å². The Balaban J connectivity index is 2.04. The number of thiocarbonyl (C=S) groups is 1. The molecule has 1 aliphatic heterocycles. The van der Waals surface area contributed by atoms with E-state index in [9.17, 15) is 0 Å². The summed E-state index contributed by atoms with van der Waals surface area (Å²) in [6.07, 6.45) is 4.06. The molecule has 0 fully saturated rings. The summed E-state index contributed by atoms with van der Waals surface area (Å²) in [7, 11) is 0. The minimum Gasteiger partial charge on any atom is -0.388 e. The maximum absolute atomic E-state index is 5.68. The van der Waals surface area contributed by atoms with E-state index in [-0.39, 0.29) is 0 Å². The first-order chi connectivity index (χ1) is 9.65. The van der Waals surface area contributed by atoms with Gasteiger partial charge < -0.3 is 10.6 Å². The van der Waals surface area contributed by atoms with Crippen LogP contribution in [0.5, 0.6) is 0 Å². The standard InChI is InChI=1S/C16H17N3S/c1-11-4-5-15-12(9-11)3-2-8-19(15)13-6-7-18-14(10-13)16(17)20/h4-7,9-10H,2-3,8H2,1H3,(H2,17,20). The fourth-order valence-corrected chi connectivity index (χ4v) is 2.83. The van der Waals surface area contributed by atoms with Crippen LogP contribution in [0.2, 0.25) is 0 Å². The summed E-state index contributed by atoms with van der Waals surface area (Å²) in [4.78, 5) is 6.87. The number of benzene rings is 1. The molecule has 2 aromatic rings. The van der Waals surface area contributed by atoms with Crippen LogP contribution < -0.4 is 10.6 Å². The summed E-state index contributed by atoms with van der Waals surface area (Å²) < 4.78 is 0. The van der Waals surface area contributed by atoms with Crippen LogP contribution in [-0.4, -0.2) is 16.5 Å². The van der Waals surface area contributed by atoms with E-state index in [1.54, 1.807) is 6.20 Å². The zero-order chi connectivity index (χ0) is 14.1. The van der Waals surface area contributed by atoms with Crippen molar-refractivity contribution in [2.24, 2.45) is 5.73 Å². The maximum Gasteiger partial charge on any atom is 0.122 e. The van der Waals surface area contributed by atoms with Crippen molar-refractivity contribution in [3.05, 3.63) is 53.3 Å². The quantitative estimate of drug-likeness (QED) is 0.860. The Morgan fingerprint density at radius 3 is 2.95 bits per heavy atom. The van der Waals surface area contributed by atoms with Gasteiger partial charge in [0.25, 0.3) is 0 Å². The van der Waals surface area contributed by atoms with E-state index in [2.05, 4.69) is 35.0 Å². The topological polar surface area (TPSA) is 42.2 Å². The van der Waals surface area contributed by atoms with Crippen LogP contribution in [0.3, 0.4) is 0 Å². The minimum atomic E-state index is 0.341. The van der Waals surface area contributed by atoms with Crippen molar-refractivity contribution < 1.29 is 0 Å². The Bertz CT molecular complexity index is 667. The fraction of sp³-hybridized carbons (Fsp3) is 0.250. The summed E-state index contributed by atoms with van der Waals surface area (Å²) in [6, 6.07) is 10.6. The number of hydrogen-bond acceptors (Lipinski definition) is 3. The molecular formula is C16H17N3S. The first kappa shape index (κ1) is 13.1. The van der Waals surface area contributed by atoms with Crippen LogP contribution in [0.4, 0.5) is 11.4 Å². The fourth-order valence-electron chi connectivity index (χ4n) is 2.72. The van der Waals surface area contributed by atoms with Gasteiger partial charge in [-0.1, -0.05) is 29.9 Å². The highest BCUT2D eigenvalue weighted by Gasteiger charge is 2.18. The monoisotopic (exact) mass is 283 g/mol. The lowest BCUT2D eigenvalue weighted by Crippen LogP contribution is -2.25. The highest BCUT2D eigenvalue weighted by molar-refractivity contribution is 7.80. The molecule has 3 nitrogen and oxygen atoms in total. The molecule has 20 heavy (non-hydrogen) atoms. The predicted octanol–water partition coefficient (Wildman–Crippen LogP) is 3.11. The molecule has 4 heteroatoms. The molecule has 0 atom stereocenters. The summed E-state index contributed by atoms with van der Waals surface area (Å²) >= 11 is 5.01. The smallest absolute Gasteiger partial charge is 0.122 e. The van der Waals surface area contributed by atoms with Gasteiger partial charge in [0.2, 0.25) is 0 Å². The Kier molecular flexibility index (Phi) is 3.40. The van der Waals surface area contributed by atoms with Gasteiger partial charge in [-0.25, -0.2) is 0 Å². The van der Waals surface area contributed by atoms with Crippen molar-refractivity contribution in [2.45, 2.75) is 19.8 Å². The molecule has 0 unspecified atom stereocenters. The molecule has 1 aromatic heterocycles. The Morgan fingerprint density at radius 2 is 2.15 bits per heavy atom. The first-order valence-electron chi connectivity index (χ1n) is 6.78. The number of hydrogen-bond donors (Lipinski definition) is 1. The lowest BCUT2D eigenvalue weighted by atomic mass is 9.99. The van der Waals surface area contributed by atoms with E-state index in [0.29, 0.717) is 10.7 Å². The van der Waals surface area contributed by atoms with Gasteiger partial charge in [0.1, 0.15) is 4.99 Å². The molecule has 0 amide bonds. The second kappa shape index (κ2) is 5.21. The van der Waals surface area contributed by atoms with Crippen molar-refractivity contribution >= 4 is 28.6 Å². The molecule has 2 heterocycles. The van der Waals surface area contributed by atoms with E-state index in [1.165, 1.54) is 16.8 Å². The lowest BCUT2D eigenvalue weighted by molar-refractivity contribution is 0.765. The average Bonchev–Trinajstić information content (AvgIpc) is 2.46. The molecule has 0 saturated carbocycles. The van der Waals surface area contributed by atoms with Gasteiger partial charge in [-0.05, 0) is 43.5 Å². The highest BCUT2D eigenvalue weighted by Crippen LogP contribution is 2.33. The Morgan fingerprint density at radius 1 is 1.30 bits per heavy atom. The molecular weight excluding hydrogens is 266 g/mol. The number of pyridine rings is 1. The van der Waals surface area contributed by atoms with Gasteiger partial charge >= 0.3 is 0 Å². The average molecular weight is 283 g/mol. The maximum atomic E-state index is 5.68. The Hall–Kier alpha value is -1.94. The van der Waals surface area contributed by atoms with Crippen molar-refractivity contribution in [1.82, 2.24) is 4.98 Å². The summed E-state index contributed by atoms with van der Waals surface area (Å²) in [5.74, 6) is 0. The molecule has 1 aromatic carbocycles. The molecule has 1 aliphatic rings. The van der Waals surface area contributed by atoms with Crippen molar-refractivity contribution in [1.29, 1.82) is 0 Å². The molecule has 2 N–H and O–H groups in total. The van der Waals surface area contributed by atoms with Crippen LogP contribution in [0, 0.1) is 6.92 Å². The molecule has 0 bridgehead atoms.